The minimum atomic E-state index is -1.33. The van der Waals surface area contributed by atoms with Gasteiger partial charge in [0.25, 0.3) is 0 Å². The summed E-state index contributed by atoms with van der Waals surface area (Å²) in [7, 11) is 0. The van der Waals surface area contributed by atoms with Crippen LogP contribution >= 0.6 is 0 Å². The molecule has 5 heteroatoms. The van der Waals surface area contributed by atoms with Crippen molar-refractivity contribution in [2.24, 2.45) is 0 Å². The molecule has 0 aliphatic carbocycles. The van der Waals surface area contributed by atoms with E-state index < -0.39 is 17.5 Å². The van der Waals surface area contributed by atoms with Crippen LogP contribution in [0.2, 0.25) is 0 Å². The molecule has 0 heterocycles. The highest BCUT2D eigenvalue weighted by atomic mass is 19.1. The predicted octanol–water partition coefficient (Wildman–Crippen LogP) is 1.67. The maximum Gasteiger partial charge on any atom is 0.341 e. The van der Waals surface area contributed by atoms with Crippen LogP contribution in [0, 0.1) is 5.82 Å². The summed E-state index contributed by atoms with van der Waals surface area (Å²) in [6, 6.07) is 2.28. The summed E-state index contributed by atoms with van der Waals surface area (Å²) < 4.78 is 18.0. The normalized spacial score (nSPS) is 9.67. The van der Waals surface area contributed by atoms with Gasteiger partial charge < -0.3 is 15.6 Å². The number of aromatic carboxylic acids is 1. The van der Waals surface area contributed by atoms with E-state index in [1.54, 1.807) is 0 Å². The molecular weight excluding hydrogens is 201 g/mol. The number of carbonyl (C=O) groups is 1. The van der Waals surface area contributed by atoms with Crippen LogP contribution in [0.3, 0.4) is 0 Å². The van der Waals surface area contributed by atoms with Gasteiger partial charge in [-0.15, -0.1) is 0 Å². The Hall–Kier alpha value is -2.04. The van der Waals surface area contributed by atoms with E-state index in [9.17, 15) is 9.18 Å². The first kappa shape index (κ1) is 11.0. The first-order valence-electron chi connectivity index (χ1n) is 4.13. The summed E-state index contributed by atoms with van der Waals surface area (Å²) in [6.45, 7) is 3.54. The number of nitrogen functional groups attached to an aromatic ring is 1. The Kier molecular flexibility index (Phi) is 3.28. The van der Waals surface area contributed by atoms with Gasteiger partial charge >= 0.3 is 5.97 Å². The molecule has 0 aliphatic rings. The number of carboxylic acids is 1. The van der Waals surface area contributed by atoms with E-state index in [1.807, 2.05) is 0 Å². The molecule has 0 bridgehead atoms. The Labute approximate surface area is 85.8 Å². The smallest absolute Gasteiger partial charge is 0.341 e. The minimum Gasteiger partial charge on any atom is -0.489 e. The average Bonchev–Trinajstić information content (AvgIpc) is 2.19. The van der Waals surface area contributed by atoms with Gasteiger partial charge in [0.05, 0.1) is 5.69 Å². The summed E-state index contributed by atoms with van der Waals surface area (Å²) in [4.78, 5) is 10.8. The van der Waals surface area contributed by atoms with Gasteiger partial charge in [-0.2, -0.15) is 0 Å². The third-order valence-corrected chi connectivity index (χ3v) is 1.72. The Balaban J connectivity index is 3.20. The second-order valence-electron chi connectivity index (χ2n) is 2.74. The van der Waals surface area contributed by atoms with Crippen molar-refractivity contribution in [1.82, 2.24) is 0 Å². The van der Waals surface area contributed by atoms with Crippen LogP contribution in [0.25, 0.3) is 0 Å². The fourth-order valence-corrected chi connectivity index (χ4v) is 1.06. The number of hydrogen-bond donors (Lipinski definition) is 2. The largest absolute Gasteiger partial charge is 0.489 e. The van der Waals surface area contributed by atoms with Crippen molar-refractivity contribution in [3.63, 3.8) is 0 Å². The molecule has 0 aromatic heterocycles. The predicted molar refractivity (Wildman–Crippen MR) is 53.5 cm³/mol. The van der Waals surface area contributed by atoms with Crippen LogP contribution < -0.4 is 10.5 Å². The van der Waals surface area contributed by atoms with Crippen molar-refractivity contribution in [1.29, 1.82) is 0 Å². The fraction of sp³-hybridized carbons (Fsp3) is 0.100. The zero-order chi connectivity index (χ0) is 11.4. The lowest BCUT2D eigenvalue weighted by Crippen LogP contribution is -2.08. The number of ether oxygens (including phenoxy) is 1. The molecule has 0 atom stereocenters. The topological polar surface area (TPSA) is 72.5 Å². The van der Waals surface area contributed by atoms with E-state index in [0.29, 0.717) is 0 Å². The van der Waals surface area contributed by atoms with Gasteiger partial charge in [0.1, 0.15) is 23.7 Å². The maximum atomic E-state index is 13.0. The zero-order valence-electron chi connectivity index (χ0n) is 7.87. The van der Waals surface area contributed by atoms with E-state index in [1.165, 1.54) is 12.1 Å². The Morgan fingerprint density at radius 2 is 2.33 bits per heavy atom. The fourth-order valence-electron chi connectivity index (χ4n) is 1.06. The number of nitrogens with two attached hydrogens (primary N) is 1. The van der Waals surface area contributed by atoms with Gasteiger partial charge in [-0.3, -0.25) is 0 Å². The summed E-state index contributed by atoms with van der Waals surface area (Å²) in [5, 5.41) is 8.82. The molecule has 0 aliphatic heterocycles. The van der Waals surface area contributed by atoms with Crippen LogP contribution in [0.5, 0.6) is 5.75 Å². The Bertz CT molecular complexity index is 404. The highest BCUT2D eigenvalue weighted by Gasteiger charge is 2.18. The van der Waals surface area contributed by atoms with Crippen molar-refractivity contribution < 1.29 is 19.0 Å². The second kappa shape index (κ2) is 4.45. The Morgan fingerprint density at radius 1 is 1.67 bits per heavy atom. The lowest BCUT2D eigenvalue weighted by atomic mass is 10.1. The number of anilines is 1. The van der Waals surface area contributed by atoms with Crippen molar-refractivity contribution >= 4 is 11.7 Å². The van der Waals surface area contributed by atoms with Crippen molar-refractivity contribution in [2.45, 2.75) is 0 Å². The first-order chi connectivity index (χ1) is 7.07. The molecule has 3 N–H and O–H groups in total. The van der Waals surface area contributed by atoms with Crippen molar-refractivity contribution in [3.05, 3.63) is 36.2 Å². The molecule has 0 radical (unpaired) electrons. The number of carboxylic acid groups (broad SMARTS) is 1. The van der Waals surface area contributed by atoms with Gasteiger partial charge in [0, 0.05) is 0 Å². The first-order valence-corrected chi connectivity index (χ1v) is 4.13. The van der Waals surface area contributed by atoms with Gasteiger partial charge in [-0.25, -0.2) is 9.18 Å². The average molecular weight is 211 g/mol. The third-order valence-electron chi connectivity index (χ3n) is 1.72. The molecule has 4 nitrogen and oxygen atoms in total. The van der Waals surface area contributed by atoms with E-state index in [-0.39, 0.29) is 17.9 Å². The summed E-state index contributed by atoms with van der Waals surface area (Å²) in [5.41, 5.74) is 4.50. The molecule has 0 amide bonds. The zero-order valence-corrected chi connectivity index (χ0v) is 7.87. The van der Waals surface area contributed by atoms with Crippen LogP contribution in [0.15, 0.2) is 24.8 Å². The molecule has 0 saturated carbocycles. The van der Waals surface area contributed by atoms with Gasteiger partial charge in [-0.1, -0.05) is 12.7 Å². The van der Waals surface area contributed by atoms with Crippen LogP contribution in [-0.2, 0) is 0 Å². The lowest BCUT2D eigenvalue weighted by molar-refractivity contribution is 0.0693. The Morgan fingerprint density at radius 3 is 2.87 bits per heavy atom. The van der Waals surface area contributed by atoms with Gasteiger partial charge in [0.2, 0.25) is 0 Å². The molecule has 0 spiro atoms. The summed E-state index contributed by atoms with van der Waals surface area (Å²) in [6.07, 6.45) is 1.45. The quantitative estimate of drug-likeness (QED) is 0.587. The third kappa shape index (κ3) is 2.25. The van der Waals surface area contributed by atoms with E-state index in [2.05, 4.69) is 6.58 Å². The highest BCUT2D eigenvalue weighted by Crippen LogP contribution is 2.27. The molecule has 0 unspecified atom stereocenters. The molecule has 0 fully saturated rings. The maximum absolute atomic E-state index is 13.0. The molecule has 80 valence electrons. The number of benzene rings is 1. The standard InChI is InChI=1S/C10H10FNO3/c1-2-5-15-7-4-3-6(11)9(12)8(7)10(13)14/h2-4H,1,5,12H2,(H,13,14). The molecule has 1 aromatic carbocycles. The van der Waals surface area contributed by atoms with Crippen LogP contribution in [-0.4, -0.2) is 17.7 Å². The van der Waals surface area contributed by atoms with E-state index in [4.69, 9.17) is 15.6 Å². The van der Waals surface area contributed by atoms with Crippen molar-refractivity contribution in [3.8, 4) is 5.75 Å². The number of rotatable bonds is 4. The summed E-state index contributed by atoms with van der Waals surface area (Å²) >= 11 is 0. The molecule has 1 rings (SSSR count). The molecule has 0 saturated heterocycles. The minimum absolute atomic E-state index is 0.0290. The SMILES string of the molecule is C=CCOc1ccc(F)c(N)c1C(=O)O. The molecule has 15 heavy (non-hydrogen) atoms. The van der Waals surface area contributed by atoms with Gasteiger partial charge in [-0.05, 0) is 12.1 Å². The van der Waals surface area contributed by atoms with Gasteiger partial charge in [0.15, 0.2) is 0 Å². The molecule has 1 aromatic rings. The second-order valence-corrected chi connectivity index (χ2v) is 2.74. The number of hydrogen-bond acceptors (Lipinski definition) is 3. The monoisotopic (exact) mass is 211 g/mol. The van der Waals surface area contributed by atoms with E-state index in [0.717, 1.165) is 6.07 Å². The lowest BCUT2D eigenvalue weighted by Gasteiger charge is -2.09. The highest BCUT2D eigenvalue weighted by molar-refractivity contribution is 5.96. The van der Waals surface area contributed by atoms with Crippen LogP contribution in [0.1, 0.15) is 10.4 Å². The molecular formula is C10H10FNO3. The summed E-state index contributed by atoms with van der Waals surface area (Å²) in [5.74, 6) is -2.08. The van der Waals surface area contributed by atoms with Crippen LogP contribution in [0.4, 0.5) is 10.1 Å². The van der Waals surface area contributed by atoms with E-state index >= 15 is 0 Å². The number of halogens is 1. The van der Waals surface area contributed by atoms with Crippen molar-refractivity contribution in [2.75, 3.05) is 12.3 Å².